The number of ether oxygens (including phenoxy) is 1. The summed E-state index contributed by atoms with van der Waals surface area (Å²) in [5.74, 6) is -1.23. The Labute approximate surface area is 146 Å². The third-order valence-corrected chi connectivity index (χ3v) is 4.31. The molecule has 3 nitrogen and oxygen atoms in total. The Kier molecular flexibility index (Phi) is 5.08. The molecule has 0 saturated heterocycles. The highest BCUT2D eigenvalue weighted by molar-refractivity contribution is 6.01. The van der Waals surface area contributed by atoms with Gasteiger partial charge in [0.05, 0.1) is 0 Å². The summed E-state index contributed by atoms with van der Waals surface area (Å²) < 4.78 is 18.3. The van der Waals surface area contributed by atoms with E-state index >= 15 is 0 Å². The maximum Gasteiger partial charge on any atom is 0.331 e. The Morgan fingerprint density at radius 2 is 1.92 bits per heavy atom. The minimum atomic E-state index is -0.871. The fraction of sp³-hybridized carbons (Fsp3) is 0.238. The van der Waals surface area contributed by atoms with E-state index in [0.717, 1.165) is 19.3 Å². The molecule has 0 bridgehead atoms. The normalized spacial score (nSPS) is 14.3. The minimum Gasteiger partial charge on any atom is -0.451 e. The van der Waals surface area contributed by atoms with Gasteiger partial charge in [0.25, 0.3) is 0 Å². The predicted octanol–water partition coefficient (Wildman–Crippen LogP) is 4.14. The lowest BCUT2D eigenvalue weighted by Gasteiger charge is -2.12. The van der Waals surface area contributed by atoms with E-state index < -0.39 is 12.1 Å². The van der Waals surface area contributed by atoms with Crippen LogP contribution in [0.3, 0.4) is 0 Å². The number of esters is 1. The molecule has 1 aliphatic rings. The summed E-state index contributed by atoms with van der Waals surface area (Å²) in [6.07, 6.45) is 4.94. The van der Waals surface area contributed by atoms with Gasteiger partial charge in [-0.2, -0.15) is 0 Å². The first kappa shape index (κ1) is 17.1. The molecule has 0 N–H and O–H groups in total. The molecule has 128 valence electrons. The van der Waals surface area contributed by atoms with E-state index in [1.54, 1.807) is 25.1 Å². The molecule has 1 atom stereocenters. The minimum absolute atomic E-state index is 0.220. The van der Waals surface area contributed by atoms with Gasteiger partial charge in [-0.3, -0.25) is 4.79 Å². The van der Waals surface area contributed by atoms with Crippen molar-refractivity contribution in [3.05, 3.63) is 76.6 Å². The first-order chi connectivity index (χ1) is 12.0. The van der Waals surface area contributed by atoms with Gasteiger partial charge in [0.15, 0.2) is 6.10 Å². The fourth-order valence-corrected chi connectivity index (χ4v) is 3.00. The van der Waals surface area contributed by atoms with Crippen molar-refractivity contribution in [2.24, 2.45) is 0 Å². The average molecular weight is 338 g/mol. The average Bonchev–Trinajstić information content (AvgIpc) is 3.07. The molecule has 2 aromatic carbocycles. The van der Waals surface area contributed by atoms with Gasteiger partial charge < -0.3 is 4.74 Å². The number of ketones is 1. The van der Waals surface area contributed by atoms with Gasteiger partial charge in [0, 0.05) is 11.6 Å². The number of halogens is 1. The van der Waals surface area contributed by atoms with Crippen LogP contribution in [-0.4, -0.2) is 17.9 Å². The van der Waals surface area contributed by atoms with E-state index in [4.69, 9.17) is 4.74 Å². The molecule has 0 unspecified atom stereocenters. The summed E-state index contributed by atoms with van der Waals surface area (Å²) in [6.45, 7) is 1.56. The highest BCUT2D eigenvalue weighted by Crippen LogP contribution is 2.23. The molecule has 25 heavy (non-hydrogen) atoms. The number of rotatable bonds is 5. The van der Waals surface area contributed by atoms with Crippen molar-refractivity contribution in [1.82, 2.24) is 0 Å². The monoisotopic (exact) mass is 338 g/mol. The highest BCUT2D eigenvalue weighted by Gasteiger charge is 2.20. The highest BCUT2D eigenvalue weighted by atomic mass is 19.1. The summed E-state index contributed by atoms with van der Waals surface area (Å²) >= 11 is 0. The number of hydrogen-bond acceptors (Lipinski definition) is 3. The van der Waals surface area contributed by atoms with E-state index in [1.165, 1.54) is 35.4 Å². The smallest absolute Gasteiger partial charge is 0.331 e. The first-order valence-electron chi connectivity index (χ1n) is 8.33. The zero-order valence-corrected chi connectivity index (χ0v) is 14.0. The second kappa shape index (κ2) is 7.43. The van der Waals surface area contributed by atoms with Gasteiger partial charge in [-0.15, -0.1) is 0 Å². The number of fused-ring (bicyclic) bond motifs is 1. The SMILES string of the molecule is C[C@@H](OC(=O)/C=C/c1cccc(F)c1)C(=O)c1ccc2c(c1)CCC2. The van der Waals surface area contributed by atoms with Crippen LogP contribution in [0.2, 0.25) is 0 Å². The standard InChI is InChI=1S/C21H19FO3/c1-14(21(24)18-10-9-16-5-3-6-17(16)13-18)25-20(23)11-8-15-4-2-7-19(22)12-15/h2,4,7-14H,3,5-6H2,1H3/b11-8+/t14-/m1/s1. The van der Waals surface area contributed by atoms with E-state index in [1.807, 2.05) is 12.1 Å². The molecule has 0 fully saturated rings. The Balaban J connectivity index is 1.62. The maximum absolute atomic E-state index is 13.1. The molecular formula is C21H19FO3. The predicted molar refractivity (Wildman–Crippen MR) is 93.8 cm³/mol. The van der Waals surface area contributed by atoms with Gasteiger partial charge in [0.2, 0.25) is 5.78 Å². The Hall–Kier alpha value is -2.75. The van der Waals surface area contributed by atoms with Crippen molar-refractivity contribution in [3.8, 4) is 0 Å². The zero-order valence-electron chi connectivity index (χ0n) is 14.0. The lowest BCUT2D eigenvalue weighted by molar-refractivity contribution is -0.140. The summed E-state index contributed by atoms with van der Waals surface area (Å²) in [6, 6.07) is 11.5. The van der Waals surface area contributed by atoms with Crippen LogP contribution in [-0.2, 0) is 22.4 Å². The zero-order chi connectivity index (χ0) is 17.8. The van der Waals surface area contributed by atoms with Crippen molar-refractivity contribution >= 4 is 17.8 Å². The van der Waals surface area contributed by atoms with E-state index in [2.05, 4.69) is 0 Å². The maximum atomic E-state index is 13.1. The third-order valence-electron chi connectivity index (χ3n) is 4.31. The molecule has 1 aliphatic carbocycles. The van der Waals surface area contributed by atoms with Crippen LogP contribution < -0.4 is 0 Å². The number of carbonyl (C=O) groups excluding carboxylic acids is 2. The van der Waals surface area contributed by atoms with Crippen LogP contribution in [0.4, 0.5) is 4.39 Å². The second-order valence-electron chi connectivity index (χ2n) is 6.17. The topological polar surface area (TPSA) is 43.4 Å². The molecule has 3 rings (SSSR count). The second-order valence-corrected chi connectivity index (χ2v) is 6.17. The molecule has 0 aromatic heterocycles. The van der Waals surface area contributed by atoms with Crippen LogP contribution in [0.5, 0.6) is 0 Å². The lowest BCUT2D eigenvalue weighted by Crippen LogP contribution is -2.23. The number of aryl methyl sites for hydroxylation is 2. The molecule has 0 amide bonds. The van der Waals surface area contributed by atoms with Crippen molar-refractivity contribution in [2.45, 2.75) is 32.3 Å². The van der Waals surface area contributed by atoms with Gasteiger partial charge >= 0.3 is 5.97 Å². The van der Waals surface area contributed by atoms with Crippen molar-refractivity contribution in [1.29, 1.82) is 0 Å². The Bertz CT molecular complexity index is 839. The summed E-state index contributed by atoms with van der Waals surface area (Å²) in [7, 11) is 0. The van der Waals surface area contributed by atoms with Gasteiger partial charge in [0.1, 0.15) is 5.82 Å². The molecular weight excluding hydrogens is 319 g/mol. The van der Waals surface area contributed by atoms with Crippen molar-refractivity contribution in [2.75, 3.05) is 0 Å². The van der Waals surface area contributed by atoms with Crippen molar-refractivity contribution in [3.63, 3.8) is 0 Å². The van der Waals surface area contributed by atoms with Crippen LogP contribution in [0.1, 0.15) is 40.4 Å². The van der Waals surface area contributed by atoms with E-state index in [0.29, 0.717) is 11.1 Å². The number of benzene rings is 2. The van der Waals surface area contributed by atoms with E-state index in [-0.39, 0.29) is 11.6 Å². The van der Waals surface area contributed by atoms with Gasteiger partial charge in [-0.05, 0) is 67.2 Å². The van der Waals surface area contributed by atoms with Crippen LogP contribution >= 0.6 is 0 Å². The largest absolute Gasteiger partial charge is 0.451 e. The summed E-state index contributed by atoms with van der Waals surface area (Å²) in [4.78, 5) is 24.3. The van der Waals surface area contributed by atoms with E-state index in [9.17, 15) is 14.0 Å². The van der Waals surface area contributed by atoms with Crippen LogP contribution in [0.15, 0.2) is 48.5 Å². The summed E-state index contributed by atoms with van der Waals surface area (Å²) in [5.41, 5.74) is 3.61. The number of Topliss-reactive ketones (excluding diaryl/α,β-unsaturated/α-hetero) is 1. The van der Waals surface area contributed by atoms with Gasteiger partial charge in [-0.1, -0.05) is 24.3 Å². The number of carbonyl (C=O) groups is 2. The van der Waals surface area contributed by atoms with Gasteiger partial charge in [-0.25, -0.2) is 9.18 Å². The van der Waals surface area contributed by atoms with Crippen LogP contribution in [0, 0.1) is 5.82 Å². The molecule has 0 saturated carbocycles. The lowest BCUT2D eigenvalue weighted by atomic mass is 10.0. The summed E-state index contributed by atoms with van der Waals surface area (Å²) in [5, 5.41) is 0. The molecule has 0 spiro atoms. The molecule has 4 heteroatoms. The van der Waals surface area contributed by atoms with Crippen LogP contribution in [0.25, 0.3) is 6.08 Å². The Morgan fingerprint density at radius 3 is 2.72 bits per heavy atom. The third kappa shape index (κ3) is 4.21. The molecule has 0 heterocycles. The molecule has 2 aromatic rings. The molecule has 0 aliphatic heterocycles. The molecule has 0 radical (unpaired) electrons. The first-order valence-corrected chi connectivity index (χ1v) is 8.33. The van der Waals surface area contributed by atoms with Crippen molar-refractivity contribution < 1.29 is 18.7 Å². The quantitative estimate of drug-likeness (QED) is 0.467. The Morgan fingerprint density at radius 1 is 1.12 bits per heavy atom. The fourth-order valence-electron chi connectivity index (χ4n) is 3.00. The number of hydrogen-bond donors (Lipinski definition) is 0.